The Morgan fingerprint density at radius 3 is 2.71 bits per heavy atom. The average molecular weight is 188 g/mol. The molecule has 14 heavy (non-hydrogen) atoms. The molecule has 1 aromatic rings. The minimum absolute atomic E-state index is 0.146. The molecule has 1 saturated heterocycles. The molecule has 0 atom stereocenters. The van der Waals surface area contributed by atoms with E-state index in [1.165, 1.54) is 0 Å². The van der Waals surface area contributed by atoms with Crippen molar-refractivity contribution in [2.24, 2.45) is 0 Å². The smallest absolute Gasteiger partial charge is 0.138 e. The summed E-state index contributed by atoms with van der Waals surface area (Å²) in [5.41, 5.74) is 0.452. The number of nitriles is 1. The summed E-state index contributed by atoms with van der Waals surface area (Å²) in [6.07, 6.45) is 0. The summed E-state index contributed by atoms with van der Waals surface area (Å²) in [7, 11) is 0. The third kappa shape index (κ3) is 1.57. The van der Waals surface area contributed by atoms with Crippen molar-refractivity contribution in [1.29, 1.82) is 5.26 Å². The van der Waals surface area contributed by atoms with Crippen LogP contribution in [0.5, 0.6) is 5.75 Å². The van der Waals surface area contributed by atoms with E-state index in [0.717, 1.165) is 13.1 Å². The predicted octanol–water partition coefficient (Wildman–Crippen LogP) is 1.30. The van der Waals surface area contributed by atoms with Gasteiger partial charge in [-0.25, -0.2) is 0 Å². The Bertz CT molecular complexity index is 377. The first-order chi connectivity index (χ1) is 6.73. The SMILES string of the molecule is CC1(Oc2ccccc2C#N)CNC1. The van der Waals surface area contributed by atoms with Crippen LogP contribution in [0.15, 0.2) is 24.3 Å². The zero-order valence-electron chi connectivity index (χ0n) is 8.08. The Morgan fingerprint density at radius 2 is 2.14 bits per heavy atom. The number of benzene rings is 1. The molecule has 2 rings (SSSR count). The molecule has 1 aliphatic heterocycles. The van der Waals surface area contributed by atoms with Crippen LogP contribution in [-0.4, -0.2) is 18.7 Å². The number of ether oxygens (including phenoxy) is 1. The highest BCUT2D eigenvalue weighted by Gasteiger charge is 2.34. The van der Waals surface area contributed by atoms with E-state index >= 15 is 0 Å². The van der Waals surface area contributed by atoms with Gasteiger partial charge in [0.2, 0.25) is 0 Å². The van der Waals surface area contributed by atoms with Gasteiger partial charge < -0.3 is 10.1 Å². The number of nitrogens with one attached hydrogen (secondary N) is 1. The zero-order chi connectivity index (χ0) is 10.0. The van der Waals surface area contributed by atoms with E-state index in [-0.39, 0.29) is 5.60 Å². The van der Waals surface area contributed by atoms with E-state index in [1.54, 1.807) is 6.07 Å². The first-order valence-corrected chi connectivity index (χ1v) is 4.62. The minimum atomic E-state index is -0.146. The third-order valence-corrected chi connectivity index (χ3v) is 2.36. The van der Waals surface area contributed by atoms with E-state index in [9.17, 15) is 0 Å². The molecule has 0 saturated carbocycles. The van der Waals surface area contributed by atoms with Crippen LogP contribution < -0.4 is 10.1 Å². The van der Waals surface area contributed by atoms with Gasteiger partial charge in [0.25, 0.3) is 0 Å². The monoisotopic (exact) mass is 188 g/mol. The van der Waals surface area contributed by atoms with Crippen molar-refractivity contribution < 1.29 is 4.74 Å². The maximum Gasteiger partial charge on any atom is 0.138 e. The number of hydrogen-bond acceptors (Lipinski definition) is 3. The van der Waals surface area contributed by atoms with Crippen LogP contribution in [0.4, 0.5) is 0 Å². The summed E-state index contributed by atoms with van der Waals surface area (Å²) in [6.45, 7) is 3.72. The van der Waals surface area contributed by atoms with Crippen molar-refractivity contribution in [3.63, 3.8) is 0 Å². The topological polar surface area (TPSA) is 45.0 Å². The molecule has 1 aliphatic rings. The van der Waals surface area contributed by atoms with Crippen LogP contribution in [0.25, 0.3) is 0 Å². The van der Waals surface area contributed by atoms with E-state index in [4.69, 9.17) is 10.00 Å². The van der Waals surface area contributed by atoms with Gasteiger partial charge in [0, 0.05) is 13.1 Å². The summed E-state index contributed by atoms with van der Waals surface area (Å²) >= 11 is 0. The molecule has 3 nitrogen and oxygen atoms in total. The van der Waals surface area contributed by atoms with Crippen LogP contribution in [0.1, 0.15) is 12.5 Å². The van der Waals surface area contributed by atoms with Crippen molar-refractivity contribution in [2.75, 3.05) is 13.1 Å². The molecule has 0 aromatic heterocycles. The number of hydrogen-bond donors (Lipinski definition) is 1. The maximum absolute atomic E-state index is 8.86. The van der Waals surface area contributed by atoms with Crippen LogP contribution >= 0.6 is 0 Å². The lowest BCUT2D eigenvalue weighted by atomic mass is 10.00. The standard InChI is InChI=1S/C11H12N2O/c1-11(7-13-8-11)14-10-5-3-2-4-9(10)6-12/h2-5,13H,7-8H2,1H3. The second-order valence-electron chi connectivity index (χ2n) is 3.76. The molecule has 72 valence electrons. The van der Waals surface area contributed by atoms with Crippen LogP contribution in [0.3, 0.4) is 0 Å². The fourth-order valence-corrected chi connectivity index (χ4v) is 1.46. The average Bonchev–Trinajstić information content (AvgIpc) is 2.16. The highest BCUT2D eigenvalue weighted by molar-refractivity contribution is 5.43. The molecular weight excluding hydrogens is 176 g/mol. The zero-order valence-corrected chi connectivity index (χ0v) is 8.08. The molecule has 1 fully saturated rings. The van der Waals surface area contributed by atoms with Gasteiger partial charge >= 0.3 is 0 Å². The van der Waals surface area contributed by atoms with E-state index in [2.05, 4.69) is 11.4 Å². The molecule has 0 unspecified atom stereocenters. The number of nitrogens with zero attached hydrogens (tertiary/aromatic N) is 1. The summed E-state index contributed by atoms with van der Waals surface area (Å²) in [5, 5.41) is 12.0. The van der Waals surface area contributed by atoms with Crippen molar-refractivity contribution in [3.05, 3.63) is 29.8 Å². The minimum Gasteiger partial charge on any atom is -0.484 e. The van der Waals surface area contributed by atoms with Gasteiger partial charge in [-0.2, -0.15) is 5.26 Å². The lowest BCUT2D eigenvalue weighted by Crippen LogP contribution is -2.61. The van der Waals surface area contributed by atoms with E-state index in [0.29, 0.717) is 11.3 Å². The Hall–Kier alpha value is -1.53. The van der Waals surface area contributed by atoms with Gasteiger partial charge in [-0.3, -0.25) is 0 Å². The molecule has 1 N–H and O–H groups in total. The van der Waals surface area contributed by atoms with Gasteiger partial charge in [-0.1, -0.05) is 12.1 Å². The van der Waals surface area contributed by atoms with Gasteiger partial charge in [0.1, 0.15) is 17.4 Å². The molecule has 0 aliphatic carbocycles. The van der Waals surface area contributed by atoms with E-state index < -0.39 is 0 Å². The number of rotatable bonds is 2. The first kappa shape index (κ1) is 9.04. The highest BCUT2D eigenvalue weighted by atomic mass is 16.5. The Balaban J connectivity index is 2.20. The molecule has 1 heterocycles. The second-order valence-corrected chi connectivity index (χ2v) is 3.76. The normalized spacial score (nSPS) is 18.0. The number of para-hydroxylation sites is 1. The largest absolute Gasteiger partial charge is 0.484 e. The Kier molecular flexibility index (Phi) is 2.14. The van der Waals surface area contributed by atoms with Gasteiger partial charge in [0.15, 0.2) is 0 Å². The van der Waals surface area contributed by atoms with Crippen LogP contribution in [-0.2, 0) is 0 Å². The summed E-state index contributed by atoms with van der Waals surface area (Å²) in [5.74, 6) is 0.680. The molecule has 3 heteroatoms. The summed E-state index contributed by atoms with van der Waals surface area (Å²) in [6, 6.07) is 9.45. The van der Waals surface area contributed by atoms with Gasteiger partial charge in [-0.05, 0) is 19.1 Å². The molecule has 0 amide bonds. The first-order valence-electron chi connectivity index (χ1n) is 4.62. The van der Waals surface area contributed by atoms with Crippen LogP contribution in [0, 0.1) is 11.3 Å². The Morgan fingerprint density at radius 1 is 1.43 bits per heavy atom. The third-order valence-electron chi connectivity index (χ3n) is 2.36. The second kappa shape index (κ2) is 3.32. The predicted molar refractivity (Wildman–Crippen MR) is 53.1 cm³/mol. The summed E-state index contributed by atoms with van der Waals surface area (Å²) in [4.78, 5) is 0. The lowest BCUT2D eigenvalue weighted by Gasteiger charge is -2.39. The molecular formula is C11H12N2O. The molecule has 0 radical (unpaired) electrons. The fraction of sp³-hybridized carbons (Fsp3) is 0.364. The summed E-state index contributed by atoms with van der Waals surface area (Å²) < 4.78 is 5.77. The van der Waals surface area contributed by atoms with Crippen molar-refractivity contribution in [3.8, 4) is 11.8 Å². The maximum atomic E-state index is 8.86. The van der Waals surface area contributed by atoms with Gasteiger partial charge in [0.05, 0.1) is 5.56 Å². The highest BCUT2D eigenvalue weighted by Crippen LogP contribution is 2.24. The molecule has 1 aromatic carbocycles. The van der Waals surface area contributed by atoms with Crippen molar-refractivity contribution in [2.45, 2.75) is 12.5 Å². The van der Waals surface area contributed by atoms with Crippen molar-refractivity contribution >= 4 is 0 Å². The fourth-order valence-electron chi connectivity index (χ4n) is 1.46. The van der Waals surface area contributed by atoms with Crippen LogP contribution in [0.2, 0.25) is 0 Å². The quantitative estimate of drug-likeness (QED) is 0.760. The molecule has 0 spiro atoms. The lowest BCUT2D eigenvalue weighted by molar-refractivity contribution is 0.0346. The van der Waals surface area contributed by atoms with E-state index in [1.807, 2.05) is 25.1 Å². The Labute approximate surface area is 83.3 Å². The molecule has 0 bridgehead atoms. The van der Waals surface area contributed by atoms with Crippen molar-refractivity contribution in [1.82, 2.24) is 5.32 Å². The van der Waals surface area contributed by atoms with Gasteiger partial charge in [-0.15, -0.1) is 0 Å².